The predicted octanol–water partition coefficient (Wildman–Crippen LogP) is 18.2. The zero-order chi connectivity index (χ0) is 49.1. The zero-order valence-corrected chi connectivity index (χ0v) is 40.0. The van der Waals surface area contributed by atoms with E-state index in [2.05, 4.69) is 212 Å². The fourth-order valence-corrected chi connectivity index (χ4v) is 11.3. The van der Waals surface area contributed by atoms with E-state index in [0.717, 1.165) is 61.2 Å². The summed E-state index contributed by atoms with van der Waals surface area (Å²) < 4.78 is 0. The lowest BCUT2D eigenvalue weighted by atomic mass is 9.88. The molecule has 0 saturated carbocycles. The van der Waals surface area contributed by atoms with E-state index < -0.39 is 0 Å². The molecule has 0 N–H and O–H groups in total. The van der Waals surface area contributed by atoms with E-state index in [1.54, 1.807) is 0 Å². The number of fused-ring (bicyclic) bond motifs is 6. The Morgan fingerprint density at radius 1 is 0.257 bits per heavy atom. The lowest BCUT2D eigenvalue weighted by Gasteiger charge is -2.16. The van der Waals surface area contributed by atoms with Gasteiger partial charge in [-0.3, -0.25) is 0 Å². The van der Waals surface area contributed by atoms with E-state index >= 15 is 0 Å². The van der Waals surface area contributed by atoms with Crippen LogP contribution in [-0.2, 0) is 0 Å². The number of nitriles is 1. The third-order valence-corrected chi connectivity index (χ3v) is 14.7. The van der Waals surface area contributed by atoms with E-state index in [1.165, 1.54) is 65.7 Å². The Hall–Kier alpha value is -10.1. The van der Waals surface area contributed by atoms with Gasteiger partial charge >= 0.3 is 0 Å². The van der Waals surface area contributed by atoms with Gasteiger partial charge in [0.25, 0.3) is 0 Å². The molecule has 1 aliphatic rings. The highest BCUT2D eigenvalue weighted by Gasteiger charge is 2.23. The van der Waals surface area contributed by atoms with Crippen LogP contribution in [0, 0.1) is 11.3 Å². The molecule has 0 aliphatic heterocycles. The summed E-state index contributed by atoms with van der Waals surface area (Å²) >= 11 is 0. The molecule has 1 aliphatic carbocycles. The summed E-state index contributed by atoms with van der Waals surface area (Å²) in [5.74, 6) is 1.74. The second-order valence-electron chi connectivity index (χ2n) is 18.9. The van der Waals surface area contributed by atoms with Crippen LogP contribution in [0.5, 0.6) is 0 Å². The first-order chi connectivity index (χ1) is 36.6. The molecular formula is C70H42N4. The lowest BCUT2D eigenvalue weighted by molar-refractivity contribution is 1.07. The van der Waals surface area contributed by atoms with Gasteiger partial charge in [-0.1, -0.05) is 231 Å². The smallest absolute Gasteiger partial charge is 0.164 e. The van der Waals surface area contributed by atoms with Gasteiger partial charge in [0, 0.05) is 22.3 Å². The molecule has 14 rings (SSSR count). The van der Waals surface area contributed by atoms with Crippen molar-refractivity contribution in [3.8, 4) is 118 Å². The van der Waals surface area contributed by atoms with Gasteiger partial charge in [-0.15, -0.1) is 0 Å². The first kappa shape index (κ1) is 42.8. The first-order valence-electron chi connectivity index (χ1n) is 25.0. The van der Waals surface area contributed by atoms with Crippen molar-refractivity contribution in [3.63, 3.8) is 0 Å². The number of aromatic nitrogens is 3. The second kappa shape index (κ2) is 17.6. The Bertz CT molecular complexity index is 4420. The van der Waals surface area contributed by atoms with Gasteiger partial charge in [0.15, 0.2) is 17.5 Å². The summed E-state index contributed by atoms with van der Waals surface area (Å²) in [5.41, 5.74) is 19.1. The molecule has 0 spiro atoms. The van der Waals surface area contributed by atoms with Gasteiger partial charge in [-0.25, -0.2) is 15.0 Å². The number of hydrogen-bond donors (Lipinski definition) is 0. The minimum atomic E-state index is 0.561. The minimum absolute atomic E-state index is 0.561. The summed E-state index contributed by atoms with van der Waals surface area (Å²) in [6, 6.07) is 92.2. The standard InChI is InChI=1S/C70H42N4/c71-43-51-20-15-30-56(45-34-32-44(33-35-45)53-21-6-7-23-55(53)52-40-50-19-14-31-62-58-25-9-11-27-60(58)65(42-52)67(50)62)66(51)46-36-38-48(39-37-46)69-72-68(47-16-2-1-3-17-47)73-70(74-69)63-29-13-12-28-61(63)64-41-49-18-4-5-22-54(49)57-24-8-10-26-59(57)64/h1-42H. The molecule has 0 saturated heterocycles. The third-order valence-electron chi connectivity index (χ3n) is 14.7. The Kier molecular flexibility index (Phi) is 10.2. The molecule has 0 fully saturated rings. The van der Waals surface area contributed by atoms with E-state index in [0.29, 0.717) is 23.0 Å². The molecule has 1 aromatic heterocycles. The Morgan fingerprint density at radius 3 is 1.45 bits per heavy atom. The van der Waals surface area contributed by atoms with Crippen molar-refractivity contribution in [2.45, 2.75) is 0 Å². The van der Waals surface area contributed by atoms with Crippen molar-refractivity contribution in [1.82, 2.24) is 15.0 Å². The molecule has 4 heteroatoms. The van der Waals surface area contributed by atoms with E-state index in [1.807, 2.05) is 48.5 Å². The molecule has 12 aromatic carbocycles. The van der Waals surface area contributed by atoms with Gasteiger partial charge in [0.05, 0.1) is 11.6 Å². The molecule has 0 atom stereocenters. The average Bonchev–Trinajstić information content (AvgIpc) is 3.82. The fraction of sp³-hybridized carbons (Fsp3) is 0. The molecule has 0 radical (unpaired) electrons. The largest absolute Gasteiger partial charge is 0.208 e. The number of rotatable bonds is 8. The second-order valence-corrected chi connectivity index (χ2v) is 18.9. The van der Waals surface area contributed by atoms with Crippen LogP contribution in [0.1, 0.15) is 5.56 Å². The van der Waals surface area contributed by atoms with Gasteiger partial charge in [-0.2, -0.15) is 5.26 Å². The summed E-state index contributed by atoms with van der Waals surface area (Å²) in [5, 5.41) is 17.9. The average molecular weight is 939 g/mol. The summed E-state index contributed by atoms with van der Waals surface area (Å²) in [6.45, 7) is 0. The first-order valence-corrected chi connectivity index (χ1v) is 25.0. The SMILES string of the molecule is N#Cc1cccc(-c2ccc(-c3ccccc3-c3cc4c5c(cccc5c3)-c3ccccc3-4)cc2)c1-c1ccc(-c2nc(-c3ccccc3)nc(-c3ccccc3-c3cc4ccccc4c4ccccc34)n2)cc1. The maximum Gasteiger partial charge on any atom is 0.164 e. The third kappa shape index (κ3) is 7.18. The maximum atomic E-state index is 10.6. The van der Waals surface area contributed by atoms with Crippen LogP contribution in [0.4, 0.5) is 0 Å². The van der Waals surface area contributed by atoms with E-state index in [4.69, 9.17) is 15.0 Å². The van der Waals surface area contributed by atoms with Gasteiger partial charge in [0.2, 0.25) is 0 Å². The highest BCUT2D eigenvalue weighted by molar-refractivity contribution is 6.17. The molecule has 13 aromatic rings. The Balaban J connectivity index is 0.829. The highest BCUT2D eigenvalue weighted by atomic mass is 15.0. The van der Waals surface area contributed by atoms with Crippen LogP contribution >= 0.6 is 0 Å². The molecule has 1 heterocycles. The molecule has 0 bridgehead atoms. The Morgan fingerprint density at radius 2 is 0.730 bits per heavy atom. The van der Waals surface area contributed by atoms with Crippen LogP contribution in [0.3, 0.4) is 0 Å². The lowest BCUT2D eigenvalue weighted by Crippen LogP contribution is -2.01. The molecule has 4 nitrogen and oxygen atoms in total. The van der Waals surface area contributed by atoms with Crippen LogP contribution in [0.15, 0.2) is 255 Å². The van der Waals surface area contributed by atoms with Crippen molar-refractivity contribution in [2.75, 3.05) is 0 Å². The topological polar surface area (TPSA) is 62.5 Å². The molecule has 342 valence electrons. The monoisotopic (exact) mass is 938 g/mol. The van der Waals surface area contributed by atoms with E-state index in [9.17, 15) is 5.26 Å². The fourth-order valence-electron chi connectivity index (χ4n) is 11.3. The maximum absolute atomic E-state index is 10.6. The van der Waals surface area contributed by atoms with Gasteiger partial charge < -0.3 is 0 Å². The quantitative estimate of drug-likeness (QED) is 0.142. The van der Waals surface area contributed by atoms with Crippen molar-refractivity contribution in [2.24, 2.45) is 0 Å². The highest BCUT2D eigenvalue weighted by Crippen LogP contribution is 2.49. The number of nitrogens with zero attached hydrogens (tertiary/aromatic N) is 4. The number of hydrogen-bond acceptors (Lipinski definition) is 4. The van der Waals surface area contributed by atoms with Gasteiger partial charge in [-0.05, 0) is 129 Å². The van der Waals surface area contributed by atoms with Crippen molar-refractivity contribution in [3.05, 3.63) is 260 Å². The van der Waals surface area contributed by atoms with Crippen molar-refractivity contribution < 1.29 is 0 Å². The number of benzene rings is 12. The van der Waals surface area contributed by atoms with Gasteiger partial charge in [0.1, 0.15) is 0 Å². The molecule has 74 heavy (non-hydrogen) atoms. The molecular weight excluding hydrogens is 897 g/mol. The summed E-state index contributed by atoms with van der Waals surface area (Å²) in [4.78, 5) is 15.5. The summed E-state index contributed by atoms with van der Waals surface area (Å²) in [6.07, 6.45) is 0. The van der Waals surface area contributed by atoms with Crippen LogP contribution in [0.2, 0.25) is 0 Å². The van der Waals surface area contributed by atoms with Crippen LogP contribution < -0.4 is 0 Å². The minimum Gasteiger partial charge on any atom is -0.208 e. The van der Waals surface area contributed by atoms with Crippen molar-refractivity contribution >= 4 is 32.3 Å². The Labute approximate surface area is 428 Å². The molecule has 0 unspecified atom stereocenters. The summed E-state index contributed by atoms with van der Waals surface area (Å²) in [7, 11) is 0. The zero-order valence-electron chi connectivity index (χ0n) is 40.0. The van der Waals surface area contributed by atoms with E-state index in [-0.39, 0.29) is 0 Å². The van der Waals surface area contributed by atoms with Crippen LogP contribution in [0.25, 0.3) is 144 Å². The normalized spacial score (nSPS) is 11.5. The van der Waals surface area contributed by atoms with Crippen LogP contribution in [-0.4, -0.2) is 15.0 Å². The molecule has 0 amide bonds. The van der Waals surface area contributed by atoms with Crippen molar-refractivity contribution in [1.29, 1.82) is 5.26 Å². The predicted molar refractivity (Wildman–Crippen MR) is 305 cm³/mol.